The quantitative estimate of drug-likeness (QED) is 0.434. The van der Waals surface area contributed by atoms with E-state index in [0.717, 1.165) is 32.9 Å². The molecule has 2 heterocycles. The minimum absolute atomic E-state index is 0.620. The monoisotopic (exact) mass is 360 g/mol. The van der Waals surface area contributed by atoms with Crippen molar-refractivity contribution in [3.05, 3.63) is 70.5 Å². The van der Waals surface area contributed by atoms with Gasteiger partial charge in [-0.2, -0.15) is 0 Å². The molecule has 2 aromatic carbocycles. The Hall–Kier alpha value is -2.72. The topological polar surface area (TPSA) is 34.4 Å². The summed E-state index contributed by atoms with van der Waals surface area (Å²) in [7, 11) is 0. The van der Waals surface area contributed by atoms with Gasteiger partial charge in [-0.3, -0.25) is 9.20 Å². The Balaban J connectivity index is 1.96. The minimum Gasteiger partial charge on any atom is -0.296 e. The zero-order valence-corrected chi connectivity index (χ0v) is 16.1. The van der Waals surface area contributed by atoms with E-state index in [4.69, 9.17) is 4.98 Å². The zero-order chi connectivity index (χ0) is 18.4. The van der Waals surface area contributed by atoms with E-state index in [-0.39, 0.29) is 0 Å². The molecule has 0 aliphatic carbocycles. The predicted molar refractivity (Wildman–Crippen MR) is 108 cm³/mol. The van der Waals surface area contributed by atoms with E-state index in [1.54, 1.807) is 11.3 Å². The summed E-state index contributed by atoms with van der Waals surface area (Å²) in [6.07, 6.45) is 2.94. The van der Waals surface area contributed by atoms with Crippen molar-refractivity contribution in [2.75, 3.05) is 0 Å². The summed E-state index contributed by atoms with van der Waals surface area (Å²) in [5.41, 5.74) is 8.45. The number of fused-ring (bicyclic) bond motifs is 1. The zero-order valence-electron chi connectivity index (χ0n) is 15.3. The molecule has 0 fully saturated rings. The molecular formula is C22H20N2OS. The van der Waals surface area contributed by atoms with E-state index in [1.165, 1.54) is 22.3 Å². The fourth-order valence-electron chi connectivity index (χ4n) is 3.47. The highest BCUT2D eigenvalue weighted by Crippen LogP contribution is 2.36. The van der Waals surface area contributed by atoms with Gasteiger partial charge in [-0.05, 0) is 55.5 Å². The van der Waals surface area contributed by atoms with Gasteiger partial charge in [-0.15, -0.1) is 0 Å². The van der Waals surface area contributed by atoms with Gasteiger partial charge in [-0.1, -0.05) is 47.7 Å². The van der Waals surface area contributed by atoms with Crippen molar-refractivity contribution in [1.82, 2.24) is 9.38 Å². The highest BCUT2D eigenvalue weighted by molar-refractivity contribution is 7.20. The van der Waals surface area contributed by atoms with E-state index in [0.29, 0.717) is 5.69 Å². The normalized spacial score (nSPS) is 11.2. The molecule has 0 atom stereocenters. The van der Waals surface area contributed by atoms with E-state index >= 15 is 0 Å². The third-order valence-corrected chi connectivity index (χ3v) is 6.17. The van der Waals surface area contributed by atoms with Gasteiger partial charge in [0.1, 0.15) is 11.4 Å². The molecule has 3 nitrogen and oxygen atoms in total. The molecular weight excluding hydrogens is 340 g/mol. The summed E-state index contributed by atoms with van der Waals surface area (Å²) in [4.78, 5) is 18.8. The number of aromatic nitrogens is 2. The summed E-state index contributed by atoms with van der Waals surface area (Å²) in [5.74, 6) is 0. The summed E-state index contributed by atoms with van der Waals surface area (Å²) >= 11 is 1.61. The molecule has 0 saturated carbocycles. The lowest BCUT2D eigenvalue weighted by Gasteiger charge is -2.14. The van der Waals surface area contributed by atoms with Crippen LogP contribution in [-0.4, -0.2) is 15.7 Å². The summed E-state index contributed by atoms with van der Waals surface area (Å²) in [6, 6.07) is 12.4. The molecule has 0 aliphatic heterocycles. The maximum absolute atomic E-state index is 12.0. The smallest absolute Gasteiger partial charge is 0.195 e. The largest absolute Gasteiger partial charge is 0.296 e. The molecule has 4 aromatic rings. The Kier molecular flexibility index (Phi) is 4.00. The molecule has 0 N–H and O–H groups in total. The Labute approximate surface area is 157 Å². The molecule has 0 saturated heterocycles. The molecule has 0 bridgehead atoms. The number of thiazole rings is 1. The number of nitrogens with zero attached hydrogens (tertiary/aromatic N) is 2. The van der Waals surface area contributed by atoms with Gasteiger partial charge >= 0.3 is 0 Å². The first-order valence-electron chi connectivity index (χ1n) is 8.61. The van der Waals surface area contributed by atoms with Crippen molar-refractivity contribution in [1.29, 1.82) is 0 Å². The Morgan fingerprint density at radius 2 is 1.65 bits per heavy atom. The minimum atomic E-state index is 0.620. The summed E-state index contributed by atoms with van der Waals surface area (Å²) < 4.78 is 1.92. The van der Waals surface area contributed by atoms with Crippen LogP contribution >= 0.6 is 11.3 Å². The van der Waals surface area contributed by atoms with Crippen LogP contribution in [0.3, 0.4) is 0 Å². The van der Waals surface area contributed by atoms with Crippen molar-refractivity contribution in [3.63, 3.8) is 0 Å². The standard InChI is InChI=1S/C22H20N2OS/c1-13-10-14(2)16(4)20(15(13)3)21-18(12-25)24-11-19(26-22(24)23-21)17-8-6-5-7-9-17/h5-12H,1-4H3. The van der Waals surface area contributed by atoms with E-state index in [1.807, 2.05) is 28.8 Å². The van der Waals surface area contributed by atoms with Crippen LogP contribution in [0.25, 0.3) is 26.7 Å². The number of aryl methyl sites for hydroxylation is 2. The lowest BCUT2D eigenvalue weighted by atomic mass is 9.92. The van der Waals surface area contributed by atoms with Crippen molar-refractivity contribution < 1.29 is 4.79 Å². The third kappa shape index (κ3) is 2.49. The fraction of sp³-hybridized carbons (Fsp3) is 0.182. The molecule has 0 unspecified atom stereocenters. The van der Waals surface area contributed by atoms with Crippen molar-refractivity contribution in [2.24, 2.45) is 0 Å². The first-order valence-corrected chi connectivity index (χ1v) is 9.43. The average molecular weight is 360 g/mol. The number of rotatable bonds is 3. The van der Waals surface area contributed by atoms with Crippen LogP contribution in [0.4, 0.5) is 0 Å². The van der Waals surface area contributed by atoms with Crippen LogP contribution in [0.2, 0.25) is 0 Å². The molecule has 4 heteroatoms. The second-order valence-corrected chi connectivity index (χ2v) is 7.72. The Morgan fingerprint density at radius 3 is 2.27 bits per heavy atom. The number of hydrogen-bond donors (Lipinski definition) is 0. The number of benzene rings is 2. The van der Waals surface area contributed by atoms with E-state index in [9.17, 15) is 4.79 Å². The highest BCUT2D eigenvalue weighted by Gasteiger charge is 2.21. The molecule has 2 aromatic heterocycles. The first-order chi connectivity index (χ1) is 12.5. The number of hydrogen-bond acceptors (Lipinski definition) is 3. The Bertz CT molecular complexity index is 1110. The van der Waals surface area contributed by atoms with Crippen LogP contribution < -0.4 is 0 Å². The fourth-order valence-corrected chi connectivity index (χ4v) is 4.46. The van der Waals surface area contributed by atoms with Gasteiger partial charge in [0.25, 0.3) is 0 Å². The molecule has 0 aliphatic rings. The van der Waals surface area contributed by atoms with Crippen molar-refractivity contribution in [2.45, 2.75) is 27.7 Å². The van der Waals surface area contributed by atoms with Gasteiger partial charge < -0.3 is 0 Å². The second kappa shape index (κ2) is 6.22. The van der Waals surface area contributed by atoms with Gasteiger partial charge in [-0.25, -0.2) is 4.98 Å². The molecule has 0 spiro atoms. The van der Waals surface area contributed by atoms with Crippen LogP contribution in [0.15, 0.2) is 42.6 Å². The maximum atomic E-state index is 12.0. The van der Waals surface area contributed by atoms with Crippen molar-refractivity contribution >= 4 is 22.6 Å². The van der Waals surface area contributed by atoms with Crippen molar-refractivity contribution in [3.8, 4) is 21.7 Å². The van der Waals surface area contributed by atoms with Gasteiger partial charge in [0.05, 0.1) is 4.88 Å². The predicted octanol–water partition coefficient (Wildman–Crippen LogP) is 5.78. The summed E-state index contributed by atoms with van der Waals surface area (Å²) in [6.45, 7) is 8.43. The second-order valence-electron chi connectivity index (χ2n) is 6.71. The lowest BCUT2D eigenvalue weighted by molar-refractivity contribution is 0.111. The first kappa shape index (κ1) is 16.7. The molecule has 4 rings (SSSR count). The Morgan fingerprint density at radius 1 is 1.00 bits per heavy atom. The number of carbonyl (C=O) groups is 1. The SMILES string of the molecule is Cc1cc(C)c(C)c(-c2nc3sc(-c4ccccc4)cn3c2C=O)c1C. The van der Waals surface area contributed by atoms with E-state index in [2.05, 4.69) is 45.9 Å². The lowest BCUT2D eigenvalue weighted by Crippen LogP contribution is -1.98. The van der Waals surface area contributed by atoms with Crippen LogP contribution in [0.1, 0.15) is 32.7 Å². The molecule has 0 amide bonds. The molecule has 26 heavy (non-hydrogen) atoms. The third-order valence-electron chi connectivity index (χ3n) is 5.14. The van der Waals surface area contributed by atoms with Crippen LogP contribution in [0.5, 0.6) is 0 Å². The number of carbonyl (C=O) groups excluding carboxylic acids is 1. The number of aldehydes is 1. The maximum Gasteiger partial charge on any atom is 0.195 e. The molecule has 130 valence electrons. The van der Waals surface area contributed by atoms with Gasteiger partial charge in [0.2, 0.25) is 0 Å². The molecule has 0 radical (unpaired) electrons. The van der Waals surface area contributed by atoms with E-state index < -0.39 is 0 Å². The van der Waals surface area contributed by atoms with Gasteiger partial charge in [0, 0.05) is 11.8 Å². The number of imidazole rings is 1. The average Bonchev–Trinajstić information content (AvgIpc) is 3.19. The van der Waals surface area contributed by atoms with Crippen LogP contribution in [0, 0.1) is 27.7 Å². The highest BCUT2D eigenvalue weighted by atomic mass is 32.1. The van der Waals surface area contributed by atoms with Gasteiger partial charge in [0.15, 0.2) is 11.2 Å². The van der Waals surface area contributed by atoms with Crippen LogP contribution in [-0.2, 0) is 0 Å². The summed E-state index contributed by atoms with van der Waals surface area (Å²) in [5, 5.41) is 0.